The van der Waals surface area contributed by atoms with Gasteiger partial charge in [0.15, 0.2) is 0 Å². The molecule has 10 nitrogen and oxygen atoms in total. The summed E-state index contributed by atoms with van der Waals surface area (Å²) in [7, 11) is 0. The summed E-state index contributed by atoms with van der Waals surface area (Å²) in [6.45, 7) is -0.339. The van der Waals surface area contributed by atoms with E-state index in [9.17, 15) is 29.8 Å². The van der Waals surface area contributed by atoms with Crippen LogP contribution in [0.1, 0.15) is 5.56 Å². The number of carbonyl (C=O) groups is 2. The Morgan fingerprint density at radius 2 is 1.77 bits per heavy atom. The second kappa shape index (κ2) is 8.80. The van der Waals surface area contributed by atoms with Crippen LogP contribution in [0.5, 0.6) is 0 Å². The van der Waals surface area contributed by atoms with Crippen LogP contribution in [0.4, 0.5) is 17.1 Å². The Bertz CT molecular complexity index is 1100. The fourth-order valence-electron chi connectivity index (χ4n) is 2.53. The van der Waals surface area contributed by atoms with Gasteiger partial charge in [-0.05, 0) is 23.8 Å². The van der Waals surface area contributed by atoms with Gasteiger partial charge in [0, 0.05) is 30.0 Å². The lowest BCUT2D eigenvalue weighted by Gasteiger charge is -2.14. The topological polar surface area (TPSA) is 136 Å². The highest BCUT2D eigenvalue weighted by atomic mass is 32.2. The zero-order chi connectivity index (χ0) is 21.8. The van der Waals surface area contributed by atoms with E-state index >= 15 is 0 Å². The number of thiocarbonyl (C=S) groups is 1. The first-order chi connectivity index (χ1) is 14.2. The predicted molar refractivity (Wildman–Crippen MR) is 115 cm³/mol. The lowest BCUT2D eigenvalue weighted by atomic mass is 10.2. The number of carbonyl (C=O) groups excluding carboxylic acids is 2. The number of rotatable bonds is 6. The molecule has 0 radical (unpaired) electrons. The van der Waals surface area contributed by atoms with Gasteiger partial charge in [-0.1, -0.05) is 36.1 Å². The number of amides is 2. The van der Waals surface area contributed by atoms with E-state index in [2.05, 4.69) is 5.32 Å². The number of hydrogen-bond acceptors (Lipinski definition) is 8. The zero-order valence-corrected chi connectivity index (χ0v) is 16.6. The molecule has 1 N–H and O–H groups in total. The van der Waals surface area contributed by atoms with E-state index in [-0.39, 0.29) is 27.1 Å². The highest BCUT2D eigenvalue weighted by Crippen LogP contribution is 2.32. The highest BCUT2D eigenvalue weighted by molar-refractivity contribution is 8.26. The Hall–Kier alpha value is -3.64. The number of benzene rings is 2. The van der Waals surface area contributed by atoms with Crippen molar-refractivity contribution in [3.05, 3.63) is 79.2 Å². The molecule has 0 atom stereocenters. The largest absolute Gasteiger partial charge is 0.325 e. The monoisotopic (exact) mass is 444 g/mol. The van der Waals surface area contributed by atoms with Crippen LogP contribution in [0.15, 0.2) is 53.4 Å². The molecule has 1 aliphatic rings. The van der Waals surface area contributed by atoms with Gasteiger partial charge in [-0.2, -0.15) is 0 Å². The standard InChI is InChI=1S/C18H12N4O6S2/c23-16(19-12-4-6-13(7-5-12)21(25)26)10-20-17(24)15(30-18(20)29)9-11-2-1-3-14(8-11)22(27)28/h1-9H,10H2,(H,19,23)/b15-9-. The van der Waals surface area contributed by atoms with Gasteiger partial charge in [-0.15, -0.1) is 0 Å². The predicted octanol–water partition coefficient (Wildman–Crippen LogP) is 3.34. The van der Waals surface area contributed by atoms with Crippen molar-refractivity contribution in [2.45, 2.75) is 0 Å². The van der Waals surface area contributed by atoms with Gasteiger partial charge in [-0.3, -0.25) is 34.7 Å². The molecule has 12 heteroatoms. The van der Waals surface area contributed by atoms with Crippen molar-refractivity contribution in [2.75, 3.05) is 11.9 Å². The fourth-order valence-corrected chi connectivity index (χ4v) is 3.78. The van der Waals surface area contributed by atoms with Crippen molar-refractivity contribution in [1.29, 1.82) is 0 Å². The molecule has 1 heterocycles. The van der Waals surface area contributed by atoms with E-state index in [0.717, 1.165) is 16.7 Å². The summed E-state index contributed by atoms with van der Waals surface area (Å²) in [5.74, 6) is -1.02. The Morgan fingerprint density at radius 3 is 2.40 bits per heavy atom. The number of anilines is 1. The number of nitro groups is 2. The molecule has 2 aromatic rings. The first-order valence-electron chi connectivity index (χ1n) is 8.29. The number of non-ortho nitro benzene ring substituents is 2. The third kappa shape index (κ3) is 4.85. The van der Waals surface area contributed by atoms with E-state index in [4.69, 9.17) is 12.2 Å². The van der Waals surface area contributed by atoms with Gasteiger partial charge in [0.2, 0.25) is 5.91 Å². The number of nitrogens with one attached hydrogen (secondary N) is 1. The maximum atomic E-state index is 12.6. The van der Waals surface area contributed by atoms with Gasteiger partial charge >= 0.3 is 0 Å². The van der Waals surface area contributed by atoms with Gasteiger partial charge in [0.25, 0.3) is 17.3 Å². The van der Waals surface area contributed by atoms with Crippen LogP contribution < -0.4 is 5.32 Å². The third-order valence-corrected chi connectivity index (χ3v) is 5.29. The molecular weight excluding hydrogens is 432 g/mol. The first-order valence-corrected chi connectivity index (χ1v) is 9.51. The van der Waals surface area contributed by atoms with Crippen molar-refractivity contribution >= 4 is 63.3 Å². The summed E-state index contributed by atoms with van der Waals surface area (Å²) < 4.78 is 0.176. The highest BCUT2D eigenvalue weighted by Gasteiger charge is 2.33. The average molecular weight is 444 g/mol. The summed E-state index contributed by atoms with van der Waals surface area (Å²) in [6.07, 6.45) is 1.47. The lowest BCUT2D eigenvalue weighted by molar-refractivity contribution is -0.385. The third-order valence-electron chi connectivity index (χ3n) is 3.92. The summed E-state index contributed by atoms with van der Waals surface area (Å²) in [5, 5.41) is 24.1. The first kappa shape index (κ1) is 21.1. The summed E-state index contributed by atoms with van der Waals surface area (Å²) in [6, 6.07) is 11.0. The van der Waals surface area contributed by atoms with Crippen LogP contribution in [0.3, 0.4) is 0 Å². The molecule has 30 heavy (non-hydrogen) atoms. The molecule has 0 unspecified atom stereocenters. The fraction of sp³-hybridized carbons (Fsp3) is 0.0556. The van der Waals surface area contributed by atoms with Crippen LogP contribution >= 0.6 is 24.0 Å². The quantitative estimate of drug-likeness (QED) is 0.310. The van der Waals surface area contributed by atoms with Crippen LogP contribution in [0.25, 0.3) is 6.08 Å². The SMILES string of the molecule is O=C(CN1C(=O)/C(=C/c2cccc([N+](=O)[O-])c2)SC1=S)Nc1ccc([N+](=O)[O-])cc1. The number of nitrogens with zero attached hydrogens (tertiary/aromatic N) is 3. The Labute approximate surface area is 178 Å². The molecule has 1 aliphatic heterocycles. The van der Waals surface area contributed by atoms with Gasteiger partial charge in [-0.25, -0.2) is 0 Å². The van der Waals surface area contributed by atoms with Gasteiger partial charge in [0.1, 0.15) is 10.9 Å². The van der Waals surface area contributed by atoms with Crippen molar-refractivity contribution in [2.24, 2.45) is 0 Å². The normalized spacial score (nSPS) is 14.8. The van der Waals surface area contributed by atoms with Crippen LogP contribution in [0, 0.1) is 20.2 Å². The second-order valence-electron chi connectivity index (χ2n) is 5.97. The maximum Gasteiger partial charge on any atom is 0.270 e. The molecule has 3 rings (SSSR count). The molecule has 2 aromatic carbocycles. The number of hydrogen-bond donors (Lipinski definition) is 1. The maximum absolute atomic E-state index is 12.6. The minimum absolute atomic E-state index is 0.110. The molecule has 2 amide bonds. The molecule has 0 bridgehead atoms. The van der Waals surface area contributed by atoms with E-state index in [1.807, 2.05) is 0 Å². The van der Waals surface area contributed by atoms with Crippen LogP contribution in [0.2, 0.25) is 0 Å². The molecule has 0 saturated carbocycles. The van der Waals surface area contributed by atoms with Crippen molar-refractivity contribution < 1.29 is 19.4 Å². The van der Waals surface area contributed by atoms with E-state index < -0.39 is 21.7 Å². The molecule has 152 valence electrons. The smallest absolute Gasteiger partial charge is 0.270 e. The van der Waals surface area contributed by atoms with Gasteiger partial charge < -0.3 is 5.32 Å². The average Bonchev–Trinajstić information content (AvgIpc) is 2.96. The summed E-state index contributed by atoms with van der Waals surface area (Å²) >= 11 is 6.16. The molecule has 1 saturated heterocycles. The zero-order valence-electron chi connectivity index (χ0n) is 15.0. The second-order valence-corrected chi connectivity index (χ2v) is 7.65. The number of nitro benzene ring substituents is 2. The Balaban J connectivity index is 1.68. The summed E-state index contributed by atoms with van der Waals surface area (Å²) in [4.78, 5) is 46.7. The van der Waals surface area contributed by atoms with E-state index in [0.29, 0.717) is 11.3 Å². The lowest BCUT2D eigenvalue weighted by Crippen LogP contribution is -2.36. The molecule has 0 spiro atoms. The molecular formula is C18H12N4O6S2. The van der Waals surface area contributed by atoms with Crippen molar-refractivity contribution in [1.82, 2.24) is 4.90 Å². The van der Waals surface area contributed by atoms with Gasteiger partial charge in [0.05, 0.1) is 14.8 Å². The molecule has 0 aromatic heterocycles. The Morgan fingerprint density at radius 1 is 1.10 bits per heavy atom. The minimum atomic E-state index is -0.556. The van der Waals surface area contributed by atoms with Crippen molar-refractivity contribution in [3.63, 3.8) is 0 Å². The van der Waals surface area contributed by atoms with E-state index in [1.54, 1.807) is 6.07 Å². The number of thioether (sulfide) groups is 1. The van der Waals surface area contributed by atoms with E-state index in [1.165, 1.54) is 48.5 Å². The molecule has 1 fully saturated rings. The van der Waals surface area contributed by atoms with Crippen molar-refractivity contribution in [3.8, 4) is 0 Å². The Kier molecular flexibility index (Phi) is 6.18. The minimum Gasteiger partial charge on any atom is -0.325 e. The summed E-state index contributed by atoms with van der Waals surface area (Å²) in [5.41, 5.74) is 0.570. The molecule has 0 aliphatic carbocycles. The van der Waals surface area contributed by atoms with Crippen LogP contribution in [-0.2, 0) is 9.59 Å². The van der Waals surface area contributed by atoms with Crippen LogP contribution in [-0.4, -0.2) is 37.4 Å².